The van der Waals surface area contributed by atoms with Crippen LogP contribution in [-0.4, -0.2) is 65.3 Å². The SMILES string of the molecule is CC(C)C#Cc1ccc([C@@H]2[C@@H](CO)N3C(=O)CN(C(=O)c4ccc5c(c4)OCO5)C[C@@H]23)cc1. The van der Waals surface area contributed by atoms with Gasteiger partial charge in [-0.05, 0) is 35.9 Å². The van der Waals surface area contributed by atoms with Crippen LogP contribution < -0.4 is 9.47 Å². The van der Waals surface area contributed by atoms with Crippen LogP contribution in [0.5, 0.6) is 11.5 Å². The standard InChI is InChI=1S/C26H26N2O5/c1-16(2)3-4-17-5-7-18(8-6-17)25-20-12-27(13-24(30)28(20)21(25)14-29)26(31)19-9-10-22-23(11-19)33-15-32-22/h5-11,16,20-21,25,29H,12-15H2,1-2H3/t20-,21+,25-/m0/s1. The van der Waals surface area contributed by atoms with Crippen molar-refractivity contribution in [1.29, 1.82) is 0 Å². The van der Waals surface area contributed by atoms with E-state index in [0.717, 1.165) is 11.1 Å². The summed E-state index contributed by atoms with van der Waals surface area (Å²) in [6, 6.07) is 12.6. The number of fused-ring (bicyclic) bond motifs is 2. The van der Waals surface area contributed by atoms with Crippen molar-refractivity contribution in [2.75, 3.05) is 26.5 Å². The van der Waals surface area contributed by atoms with E-state index < -0.39 is 0 Å². The molecule has 1 N–H and O–H groups in total. The van der Waals surface area contributed by atoms with Crippen LogP contribution in [0.2, 0.25) is 0 Å². The average Bonchev–Trinajstić information content (AvgIpc) is 3.27. The molecular weight excluding hydrogens is 420 g/mol. The molecule has 7 nitrogen and oxygen atoms in total. The predicted octanol–water partition coefficient (Wildman–Crippen LogP) is 2.23. The molecule has 3 aliphatic rings. The lowest BCUT2D eigenvalue weighted by atomic mass is 9.73. The molecule has 3 aliphatic heterocycles. The number of ether oxygens (including phenoxy) is 2. The van der Waals surface area contributed by atoms with Gasteiger partial charge in [0.25, 0.3) is 5.91 Å². The van der Waals surface area contributed by atoms with Crippen LogP contribution in [0, 0.1) is 17.8 Å². The third kappa shape index (κ3) is 3.81. The molecular formula is C26H26N2O5. The van der Waals surface area contributed by atoms with Gasteiger partial charge in [-0.1, -0.05) is 37.8 Å². The Morgan fingerprint density at radius 2 is 1.91 bits per heavy atom. The molecule has 5 rings (SSSR count). The van der Waals surface area contributed by atoms with Crippen LogP contribution >= 0.6 is 0 Å². The molecule has 2 fully saturated rings. The number of carbonyl (C=O) groups is 2. The third-order valence-electron chi connectivity index (χ3n) is 6.46. The first-order valence-electron chi connectivity index (χ1n) is 11.2. The van der Waals surface area contributed by atoms with Gasteiger partial charge in [0.15, 0.2) is 11.5 Å². The molecule has 2 aromatic carbocycles. The van der Waals surface area contributed by atoms with E-state index in [-0.39, 0.29) is 49.8 Å². The molecule has 0 spiro atoms. The van der Waals surface area contributed by atoms with Gasteiger partial charge in [0.2, 0.25) is 12.7 Å². The van der Waals surface area contributed by atoms with E-state index in [2.05, 4.69) is 11.8 Å². The minimum atomic E-state index is -0.280. The molecule has 33 heavy (non-hydrogen) atoms. The molecule has 0 unspecified atom stereocenters. The van der Waals surface area contributed by atoms with E-state index >= 15 is 0 Å². The van der Waals surface area contributed by atoms with Gasteiger partial charge in [0.05, 0.1) is 18.7 Å². The first-order valence-corrected chi connectivity index (χ1v) is 11.2. The fourth-order valence-electron chi connectivity index (χ4n) is 4.88. The largest absolute Gasteiger partial charge is 0.454 e. The van der Waals surface area contributed by atoms with Crippen LogP contribution in [0.25, 0.3) is 0 Å². The summed E-state index contributed by atoms with van der Waals surface area (Å²) in [5.41, 5.74) is 2.43. The van der Waals surface area contributed by atoms with Crippen LogP contribution in [-0.2, 0) is 4.79 Å². The highest BCUT2D eigenvalue weighted by atomic mass is 16.7. The van der Waals surface area contributed by atoms with Gasteiger partial charge < -0.3 is 24.4 Å². The molecule has 3 atom stereocenters. The van der Waals surface area contributed by atoms with E-state index in [1.54, 1.807) is 28.0 Å². The van der Waals surface area contributed by atoms with Gasteiger partial charge in [-0.2, -0.15) is 0 Å². The minimum Gasteiger partial charge on any atom is -0.454 e. The molecule has 0 saturated carbocycles. The maximum Gasteiger partial charge on any atom is 0.254 e. The number of aliphatic hydroxyl groups is 1. The summed E-state index contributed by atoms with van der Waals surface area (Å²) in [4.78, 5) is 29.4. The molecule has 3 heterocycles. The number of hydrogen-bond donors (Lipinski definition) is 1. The predicted molar refractivity (Wildman–Crippen MR) is 121 cm³/mol. The summed E-state index contributed by atoms with van der Waals surface area (Å²) in [6.07, 6.45) is 0. The first-order chi connectivity index (χ1) is 16.0. The lowest BCUT2D eigenvalue weighted by molar-refractivity contribution is -0.159. The van der Waals surface area contributed by atoms with E-state index in [9.17, 15) is 14.7 Å². The smallest absolute Gasteiger partial charge is 0.254 e. The fourth-order valence-corrected chi connectivity index (χ4v) is 4.88. The number of carbonyl (C=O) groups excluding carboxylic acids is 2. The molecule has 0 aliphatic carbocycles. The van der Waals surface area contributed by atoms with E-state index in [0.29, 0.717) is 29.5 Å². The van der Waals surface area contributed by atoms with Gasteiger partial charge in [0.1, 0.15) is 6.54 Å². The normalized spacial score (nSPS) is 23.0. The average molecular weight is 447 g/mol. The van der Waals surface area contributed by atoms with Gasteiger partial charge in [-0.3, -0.25) is 9.59 Å². The topological polar surface area (TPSA) is 79.3 Å². The maximum absolute atomic E-state index is 13.2. The molecule has 0 aromatic heterocycles. The quantitative estimate of drug-likeness (QED) is 0.732. The van der Waals surface area contributed by atoms with E-state index in [1.807, 2.05) is 38.1 Å². The van der Waals surface area contributed by atoms with Crippen LogP contribution in [0.1, 0.15) is 41.3 Å². The van der Waals surface area contributed by atoms with Crippen molar-refractivity contribution in [3.05, 3.63) is 59.2 Å². The van der Waals surface area contributed by atoms with Crippen molar-refractivity contribution in [3.8, 4) is 23.3 Å². The Morgan fingerprint density at radius 3 is 2.64 bits per heavy atom. The zero-order chi connectivity index (χ0) is 23.1. The van der Waals surface area contributed by atoms with Crippen molar-refractivity contribution in [1.82, 2.24) is 9.80 Å². The van der Waals surface area contributed by atoms with Crippen LogP contribution in [0.3, 0.4) is 0 Å². The maximum atomic E-state index is 13.2. The highest BCUT2D eigenvalue weighted by Gasteiger charge is 2.54. The van der Waals surface area contributed by atoms with Crippen molar-refractivity contribution in [2.45, 2.75) is 31.8 Å². The molecule has 170 valence electrons. The number of hydrogen-bond acceptors (Lipinski definition) is 5. The molecule has 2 amide bonds. The zero-order valence-corrected chi connectivity index (χ0v) is 18.7. The first kappa shape index (κ1) is 21.4. The third-order valence-corrected chi connectivity index (χ3v) is 6.46. The lowest BCUT2D eigenvalue weighted by Crippen LogP contribution is -2.73. The van der Waals surface area contributed by atoms with Gasteiger partial charge in [0, 0.05) is 29.5 Å². The number of aliphatic hydroxyl groups excluding tert-OH is 1. The van der Waals surface area contributed by atoms with Crippen molar-refractivity contribution >= 4 is 11.8 Å². The Kier molecular flexibility index (Phi) is 5.47. The summed E-state index contributed by atoms with van der Waals surface area (Å²) in [6.45, 7) is 4.53. The van der Waals surface area contributed by atoms with Crippen molar-refractivity contribution in [2.24, 2.45) is 5.92 Å². The number of nitrogens with zero attached hydrogens (tertiary/aromatic N) is 2. The highest BCUT2D eigenvalue weighted by Crippen LogP contribution is 2.43. The second-order valence-electron chi connectivity index (χ2n) is 8.94. The molecule has 2 aromatic rings. The lowest BCUT2D eigenvalue weighted by Gasteiger charge is -2.58. The molecule has 0 bridgehead atoms. The number of rotatable bonds is 3. The summed E-state index contributed by atoms with van der Waals surface area (Å²) in [5.74, 6) is 7.35. The van der Waals surface area contributed by atoms with E-state index in [1.165, 1.54) is 0 Å². The van der Waals surface area contributed by atoms with Crippen LogP contribution in [0.4, 0.5) is 0 Å². The monoisotopic (exact) mass is 446 g/mol. The highest BCUT2D eigenvalue weighted by molar-refractivity contribution is 5.98. The van der Waals surface area contributed by atoms with Gasteiger partial charge >= 0.3 is 0 Å². The summed E-state index contributed by atoms with van der Waals surface area (Å²) in [7, 11) is 0. The number of piperazine rings is 1. The minimum absolute atomic E-state index is 0.00325. The van der Waals surface area contributed by atoms with Crippen molar-refractivity contribution < 1.29 is 24.2 Å². The Morgan fingerprint density at radius 1 is 1.15 bits per heavy atom. The second kappa shape index (κ2) is 8.45. The van der Waals surface area contributed by atoms with Crippen LogP contribution in [0.15, 0.2) is 42.5 Å². The second-order valence-corrected chi connectivity index (χ2v) is 8.94. The summed E-state index contributed by atoms with van der Waals surface area (Å²) < 4.78 is 10.7. The zero-order valence-electron chi connectivity index (χ0n) is 18.7. The fraction of sp³-hybridized carbons (Fsp3) is 0.385. The molecule has 0 radical (unpaired) electrons. The van der Waals surface area contributed by atoms with Gasteiger partial charge in [-0.15, -0.1) is 0 Å². The summed E-state index contributed by atoms with van der Waals surface area (Å²) in [5, 5.41) is 9.99. The molecule has 7 heteroatoms. The molecule has 2 saturated heterocycles. The Labute approximate surface area is 192 Å². The van der Waals surface area contributed by atoms with E-state index in [4.69, 9.17) is 9.47 Å². The summed E-state index contributed by atoms with van der Waals surface area (Å²) >= 11 is 0. The number of amides is 2. The number of benzene rings is 2. The van der Waals surface area contributed by atoms with Crippen molar-refractivity contribution in [3.63, 3.8) is 0 Å². The van der Waals surface area contributed by atoms with Gasteiger partial charge in [-0.25, -0.2) is 0 Å². The Balaban J connectivity index is 1.36. The Bertz CT molecular complexity index is 1150. The Hall–Kier alpha value is -3.50.